The fourth-order valence-electron chi connectivity index (χ4n) is 6.00. The first-order valence-electron chi connectivity index (χ1n) is 18.3. The van der Waals surface area contributed by atoms with Gasteiger partial charge < -0.3 is 27.9 Å². The Morgan fingerprint density at radius 3 is 2.07 bits per heavy atom. The van der Waals surface area contributed by atoms with Gasteiger partial charge in [0.25, 0.3) is 5.56 Å². The van der Waals surface area contributed by atoms with Gasteiger partial charge in [0.15, 0.2) is 13.5 Å². The summed E-state index contributed by atoms with van der Waals surface area (Å²) in [6.45, 7) is 13.6. The van der Waals surface area contributed by atoms with E-state index >= 15 is 4.39 Å². The van der Waals surface area contributed by atoms with Gasteiger partial charge in [0.1, 0.15) is 17.1 Å². The lowest BCUT2D eigenvalue weighted by Gasteiger charge is -2.18. The number of halogens is 2. The third-order valence-corrected chi connectivity index (χ3v) is 9.56. The summed E-state index contributed by atoms with van der Waals surface area (Å²) in [4.78, 5) is 70.9. The number of nitrogens with zero attached hydrogens (tertiary/aromatic N) is 4. The molecule has 0 fully saturated rings. The molecule has 4 aromatic heterocycles. The predicted molar refractivity (Wildman–Crippen MR) is 212 cm³/mol. The molecule has 0 bridgehead atoms. The average Bonchev–Trinajstić information content (AvgIpc) is 3.85. The Balaban J connectivity index is 1.54. The minimum absolute atomic E-state index is 0.0192. The van der Waals surface area contributed by atoms with E-state index in [1.807, 2.05) is 0 Å². The second-order valence-corrected chi connectivity index (χ2v) is 17.3. The molecule has 0 aliphatic heterocycles. The van der Waals surface area contributed by atoms with Gasteiger partial charge in [-0.1, -0.05) is 11.6 Å². The van der Waals surface area contributed by atoms with Crippen LogP contribution in [0.3, 0.4) is 0 Å². The lowest BCUT2D eigenvalue weighted by molar-refractivity contribution is -0.161. The number of ether oxygens (including phenoxy) is 4. The number of carbonyl (C=O) groups excluding carboxylic acids is 4. The van der Waals surface area contributed by atoms with Crippen molar-refractivity contribution in [2.75, 3.05) is 6.79 Å². The number of furan rings is 1. The summed E-state index contributed by atoms with van der Waals surface area (Å²) in [6.07, 6.45) is 4.20. The van der Waals surface area contributed by atoms with Crippen molar-refractivity contribution in [2.24, 2.45) is 16.2 Å². The molecule has 16 heteroatoms. The Hall–Kier alpha value is -5.96. The minimum Gasteiger partial charge on any atom is -0.463 e. The molecule has 0 aliphatic carbocycles. The van der Waals surface area contributed by atoms with Gasteiger partial charge in [-0.05, 0) is 104 Å². The Labute approximate surface area is 337 Å². The smallest absolute Gasteiger partial charge is 0.358 e. The molecule has 14 nitrogen and oxygen atoms in total. The Morgan fingerprint density at radius 1 is 0.810 bits per heavy atom. The van der Waals surface area contributed by atoms with Gasteiger partial charge in [-0.3, -0.25) is 28.3 Å². The van der Waals surface area contributed by atoms with Crippen LogP contribution in [0.4, 0.5) is 4.39 Å². The largest absolute Gasteiger partial charge is 0.463 e. The predicted octanol–water partition coefficient (Wildman–Crippen LogP) is 8.20. The molecule has 306 valence electrons. The fourth-order valence-corrected chi connectivity index (χ4v) is 6.22. The molecule has 0 saturated carbocycles. The molecule has 6 aromatic rings. The van der Waals surface area contributed by atoms with Crippen LogP contribution >= 0.6 is 11.6 Å². The first-order valence-corrected chi connectivity index (χ1v) is 18.7. The zero-order chi connectivity index (χ0) is 42.5. The van der Waals surface area contributed by atoms with Crippen LogP contribution in [0.5, 0.6) is 0 Å². The number of fused-ring (bicyclic) bond motifs is 4. The zero-order valence-corrected chi connectivity index (χ0v) is 34.4. The van der Waals surface area contributed by atoms with E-state index in [2.05, 4.69) is 4.98 Å². The van der Waals surface area contributed by atoms with Gasteiger partial charge in [-0.25, -0.2) is 14.2 Å². The van der Waals surface area contributed by atoms with E-state index in [0.717, 1.165) is 4.57 Å². The van der Waals surface area contributed by atoms with Gasteiger partial charge in [0, 0.05) is 23.3 Å². The number of rotatable bonds is 10. The van der Waals surface area contributed by atoms with Gasteiger partial charge in [-0.2, -0.15) is 0 Å². The highest BCUT2D eigenvalue weighted by Gasteiger charge is 2.32. The fraction of sp³-hybridized carbons (Fsp3) is 0.381. The van der Waals surface area contributed by atoms with Crippen molar-refractivity contribution < 1.29 is 46.9 Å². The van der Waals surface area contributed by atoms with Crippen molar-refractivity contribution >= 4 is 68.4 Å². The Bertz CT molecular complexity index is 2670. The molecule has 6 rings (SSSR count). The molecule has 0 aliphatic rings. The van der Waals surface area contributed by atoms with Crippen LogP contribution < -0.4 is 5.56 Å². The Morgan fingerprint density at radius 2 is 1.43 bits per heavy atom. The van der Waals surface area contributed by atoms with E-state index in [1.54, 1.807) is 79.0 Å². The summed E-state index contributed by atoms with van der Waals surface area (Å²) >= 11 is 6.91. The van der Waals surface area contributed by atoms with Crippen LogP contribution in [0.2, 0.25) is 5.02 Å². The number of carbonyl (C=O) groups is 4. The van der Waals surface area contributed by atoms with Crippen LogP contribution in [-0.4, -0.2) is 49.4 Å². The monoisotopic (exact) mass is 818 g/mol. The number of hydrogen-bond acceptors (Lipinski definition) is 11. The van der Waals surface area contributed by atoms with Crippen LogP contribution in [0.25, 0.3) is 44.0 Å². The number of esters is 4. The number of aromatic nitrogens is 4. The molecular weight excluding hydrogens is 775 g/mol. The van der Waals surface area contributed by atoms with E-state index in [9.17, 15) is 24.0 Å². The molecule has 0 radical (unpaired) electrons. The second-order valence-electron chi connectivity index (χ2n) is 16.9. The van der Waals surface area contributed by atoms with Crippen molar-refractivity contribution in [2.45, 2.75) is 82.3 Å². The van der Waals surface area contributed by atoms with Crippen LogP contribution in [0, 0.1) is 22.1 Å². The van der Waals surface area contributed by atoms with Gasteiger partial charge in [0.2, 0.25) is 6.79 Å². The molecule has 0 spiro atoms. The van der Waals surface area contributed by atoms with E-state index < -0.39 is 65.0 Å². The van der Waals surface area contributed by atoms with Gasteiger partial charge in [-0.15, -0.1) is 0 Å². The molecule has 0 saturated heterocycles. The topological polar surface area (TPSA) is 163 Å². The van der Waals surface area contributed by atoms with E-state index in [4.69, 9.17) is 35.0 Å². The lowest BCUT2D eigenvalue weighted by atomic mass is 9.97. The van der Waals surface area contributed by atoms with Crippen molar-refractivity contribution in [3.63, 3.8) is 0 Å². The van der Waals surface area contributed by atoms with Crippen LogP contribution in [-0.2, 0) is 53.3 Å². The second kappa shape index (κ2) is 15.4. The molecular formula is C42H44ClFN4O10. The van der Waals surface area contributed by atoms with Crippen LogP contribution in [0.15, 0.2) is 64.4 Å². The van der Waals surface area contributed by atoms with Crippen molar-refractivity contribution in [3.8, 4) is 11.1 Å². The van der Waals surface area contributed by atoms with E-state index in [-0.39, 0.29) is 57.0 Å². The number of benzene rings is 2. The first kappa shape index (κ1) is 41.7. The number of hydrogen-bond donors (Lipinski definition) is 0. The maximum absolute atomic E-state index is 15.9. The summed E-state index contributed by atoms with van der Waals surface area (Å²) in [5, 5.41) is 0.502. The summed E-state index contributed by atoms with van der Waals surface area (Å²) in [6, 6.07) is 8.94. The average molecular weight is 819 g/mol. The minimum atomic E-state index is -1.02. The van der Waals surface area contributed by atoms with Crippen LogP contribution in [0.1, 0.15) is 78.4 Å². The lowest BCUT2D eigenvalue weighted by Crippen LogP contribution is -2.28. The zero-order valence-electron chi connectivity index (χ0n) is 33.7. The SMILES string of the molecule is CC(C)(C)C(=O)OCOC(=O)c1c(-c2cccn(COC(=O)C(C)(C)C)c2=O)c2c3occc3c(F)cc2n1Cc1cc2ncn(COC(=O)C(C)(C)C)c2cc1Cl. The standard InChI is InChI=1S/C42H44ClFN4O10/c1-40(2,3)37(51)55-20-46-13-10-11-25(35(46)49)31-32-30(17-27(44)24-12-14-54-34(24)32)48(33(31)36(50)57-22-58-39(53)42(7,8)9)18-23-15-28-29(16-26(23)43)47(19-45-28)21-56-38(52)41(4,5)6/h10-17,19H,18,20-22H2,1-9H3. The molecule has 0 unspecified atom stereocenters. The van der Waals surface area contributed by atoms with Crippen molar-refractivity contribution in [1.82, 2.24) is 18.7 Å². The third-order valence-electron chi connectivity index (χ3n) is 9.20. The number of pyridine rings is 1. The molecule has 4 heterocycles. The maximum atomic E-state index is 15.9. The third kappa shape index (κ3) is 8.21. The maximum Gasteiger partial charge on any atom is 0.358 e. The highest BCUT2D eigenvalue weighted by atomic mass is 35.5. The quantitative estimate of drug-likeness (QED) is 0.0744. The summed E-state index contributed by atoms with van der Waals surface area (Å²) < 4.78 is 47.7. The molecule has 58 heavy (non-hydrogen) atoms. The van der Waals surface area contributed by atoms with Crippen molar-refractivity contribution in [1.29, 1.82) is 0 Å². The molecule has 0 amide bonds. The summed E-state index contributed by atoms with van der Waals surface area (Å²) in [5.74, 6) is -3.29. The van der Waals surface area contributed by atoms with E-state index in [1.165, 1.54) is 47.6 Å². The van der Waals surface area contributed by atoms with Gasteiger partial charge in [0.05, 0.1) is 61.7 Å². The first-order chi connectivity index (χ1) is 27.1. The van der Waals surface area contributed by atoms with Gasteiger partial charge >= 0.3 is 23.9 Å². The molecule has 0 atom stereocenters. The molecule has 0 N–H and O–H groups in total. The molecule has 2 aromatic carbocycles. The normalized spacial score (nSPS) is 12.3. The summed E-state index contributed by atoms with van der Waals surface area (Å²) in [7, 11) is 0. The van der Waals surface area contributed by atoms with Crippen molar-refractivity contribution in [3.05, 3.63) is 87.6 Å². The van der Waals surface area contributed by atoms with E-state index in [0.29, 0.717) is 16.6 Å². The highest BCUT2D eigenvalue weighted by Crippen LogP contribution is 2.41. The number of imidazole rings is 1. The highest BCUT2D eigenvalue weighted by molar-refractivity contribution is 6.32. The Kier molecular flexibility index (Phi) is 11.1. The summed E-state index contributed by atoms with van der Waals surface area (Å²) in [5.41, 5.74) is -1.74.